The van der Waals surface area contributed by atoms with Gasteiger partial charge in [-0.05, 0) is 36.8 Å². The van der Waals surface area contributed by atoms with E-state index >= 15 is 0 Å². The van der Waals surface area contributed by atoms with E-state index in [2.05, 4.69) is 4.98 Å². The zero-order valence-corrected chi connectivity index (χ0v) is 9.74. The fraction of sp³-hybridized carbons (Fsp3) is 0.538. The van der Waals surface area contributed by atoms with Gasteiger partial charge in [0.1, 0.15) is 5.56 Å². The zero-order chi connectivity index (χ0) is 11.9. The molecule has 1 saturated carbocycles. The number of nitrogens with one attached hydrogen (secondary N) is 1. The van der Waals surface area contributed by atoms with Gasteiger partial charge in [-0.25, -0.2) is 0 Å². The first kappa shape index (κ1) is 10.6. The number of hydrogen-bond donors (Lipinski definition) is 1. The number of amides is 1. The van der Waals surface area contributed by atoms with Crippen LogP contribution in [0.3, 0.4) is 0 Å². The Kier molecular flexibility index (Phi) is 2.31. The van der Waals surface area contributed by atoms with Crippen LogP contribution in [0.15, 0.2) is 23.1 Å². The minimum absolute atomic E-state index is 0.115. The number of likely N-dealkylation sites (tertiary alicyclic amines) is 1. The van der Waals surface area contributed by atoms with Crippen molar-refractivity contribution in [1.29, 1.82) is 0 Å². The Morgan fingerprint density at radius 2 is 2.18 bits per heavy atom. The Morgan fingerprint density at radius 1 is 1.35 bits per heavy atom. The third-order valence-corrected chi connectivity index (χ3v) is 4.19. The van der Waals surface area contributed by atoms with E-state index in [-0.39, 0.29) is 17.0 Å². The van der Waals surface area contributed by atoms with Crippen molar-refractivity contribution >= 4 is 5.91 Å². The summed E-state index contributed by atoms with van der Waals surface area (Å²) >= 11 is 0. The summed E-state index contributed by atoms with van der Waals surface area (Å²) in [5.41, 5.74) is 0.368. The maximum absolute atomic E-state index is 12.2. The van der Waals surface area contributed by atoms with Gasteiger partial charge in [0.05, 0.1) is 0 Å². The first-order chi connectivity index (χ1) is 8.20. The van der Waals surface area contributed by atoms with Crippen molar-refractivity contribution < 1.29 is 4.79 Å². The molecule has 0 unspecified atom stereocenters. The third-order valence-electron chi connectivity index (χ3n) is 4.19. The van der Waals surface area contributed by atoms with Crippen molar-refractivity contribution in [3.8, 4) is 0 Å². The molecule has 0 aromatic carbocycles. The largest absolute Gasteiger partial charge is 0.338 e. The summed E-state index contributed by atoms with van der Waals surface area (Å²) in [7, 11) is 0. The lowest BCUT2D eigenvalue weighted by Crippen LogP contribution is -2.37. The van der Waals surface area contributed by atoms with Crippen molar-refractivity contribution in [2.75, 3.05) is 13.1 Å². The van der Waals surface area contributed by atoms with Crippen molar-refractivity contribution in [2.45, 2.75) is 25.7 Å². The lowest BCUT2D eigenvalue weighted by Gasteiger charge is -2.37. The average Bonchev–Trinajstić information content (AvgIpc) is 2.73. The summed E-state index contributed by atoms with van der Waals surface area (Å²) in [6.07, 6.45) is 6.41. The molecule has 90 valence electrons. The van der Waals surface area contributed by atoms with Crippen LogP contribution in [0.4, 0.5) is 0 Å². The molecule has 17 heavy (non-hydrogen) atoms. The van der Waals surface area contributed by atoms with E-state index in [9.17, 15) is 9.59 Å². The van der Waals surface area contributed by atoms with Gasteiger partial charge in [0, 0.05) is 19.3 Å². The predicted octanol–water partition coefficient (Wildman–Crippen LogP) is 1.39. The highest BCUT2D eigenvalue weighted by Crippen LogP contribution is 2.48. The molecule has 0 radical (unpaired) electrons. The lowest BCUT2D eigenvalue weighted by molar-refractivity contribution is 0.0730. The van der Waals surface area contributed by atoms with Crippen molar-refractivity contribution in [2.24, 2.45) is 5.41 Å². The molecule has 1 aliphatic carbocycles. The molecule has 2 fully saturated rings. The average molecular weight is 232 g/mol. The van der Waals surface area contributed by atoms with Crippen molar-refractivity contribution in [1.82, 2.24) is 9.88 Å². The maximum Gasteiger partial charge on any atom is 0.260 e. The first-order valence-electron chi connectivity index (χ1n) is 6.17. The van der Waals surface area contributed by atoms with Crippen LogP contribution >= 0.6 is 0 Å². The summed E-state index contributed by atoms with van der Waals surface area (Å²) < 4.78 is 0. The van der Waals surface area contributed by atoms with Gasteiger partial charge in [-0.3, -0.25) is 9.59 Å². The molecule has 0 atom stereocenters. The molecule has 4 heteroatoms. The predicted molar refractivity (Wildman–Crippen MR) is 63.9 cm³/mol. The Bertz CT molecular complexity index is 502. The van der Waals surface area contributed by atoms with Crippen LogP contribution in [0.25, 0.3) is 0 Å². The Morgan fingerprint density at radius 3 is 2.76 bits per heavy atom. The molecule has 1 amide bonds. The molecule has 1 aliphatic heterocycles. The van der Waals surface area contributed by atoms with Gasteiger partial charge in [-0.2, -0.15) is 0 Å². The van der Waals surface area contributed by atoms with Gasteiger partial charge in [0.2, 0.25) is 0 Å². The molecular formula is C13H16N2O2. The second-order valence-electron chi connectivity index (χ2n) is 5.24. The van der Waals surface area contributed by atoms with Gasteiger partial charge < -0.3 is 9.88 Å². The van der Waals surface area contributed by atoms with Crippen LogP contribution in [0, 0.1) is 5.41 Å². The van der Waals surface area contributed by atoms with Gasteiger partial charge in [-0.1, -0.05) is 6.42 Å². The molecule has 2 heterocycles. The van der Waals surface area contributed by atoms with Crippen LogP contribution in [-0.2, 0) is 0 Å². The molecule has 1 spiro atoms. The molecular weight excluding hydrogens is 216 g/mol. The minimum atomic E-state index is -0.285. The molecule has 2 aliphatic rings. The molecule has 3 rings (SSSR count). The number of aromatic nitrogens is 1. The number of aromatic amines is 1. The SMILES string of the molecule is O=C(c1ccc[nH]c1=O)N1CCC2(CCC2)C1. The van der Waals surface area contributed by atoms with Gasteiger partial charge >= 0.3 is 0 Å². The van der Waals surface area contributed by atoms with Crippen molar-refractivity contribution in [3.05, 3.63) is 34.2 Å². The zero-order valence-electron chi connectivity index (χ0n) is 9.74. The summed E-state index contributed by atoms with van der Waals surface area (Å²) in [5.74, 6) is -0.115. The topological polar surface area (TPSA) is 53.2 Å². The minimum Gasteiger partial charge on any atom is -0.338 e. The van der Waals surface area contributed by atoms with Crippen LogP contribution < -0.4 is 5.56 Å². The smallest absolute Gasteiger partial charge is 0.260 e. The highest BCUT2D eigenvalue weighted by atomic mass is 16.2. The summed E-state index contributed by atoms with van der Waals surface area (Å²) in [5, 5.41) is 0. The van der Waals surface area contributed by atoms with Crippen molar-refractivity contribution in [3.63, 3.8) is 0 Å². The normalized spacial score (nSPS) is 21.5. The summed E-state index contributed by atoms with van der Waals surface area (Å²) in [6, 6.07) is 3.30. The number of carbonyl (C=O) groups excluding carboxylic acids is 1. The number of carbonyl (C=O) groups is 1. The second-order valence-corrected chi connectivity index (χ2v) is 5.24. The van der Waals surface area contributed by atoms with E-state index in [1.165, 1.54) is 19.3 Å². The Hall–Kier alpha value is -1.58. The lowest BCUT2D eigenvalue weighted by atomic mass is 9.68. The van der Waals surface area contributed by atoms with Gasteiger partial charge in [-0.15, -0.1) is 0 Å². The molecule has 1 saturated heterocycles. The highest BCUT2D eigenvalue weighted by Gasteiger charge is 2.44. The number of pyridine rings is 1. The maximum atomic E-state index is 12.2. The van der Waals surface area contributed by atoms with Crippen LogP contribution in [0.1, 0.15) is 36.0 Å². The molecule has 1 aromatic rings. The van der Waals surface area contributed by atoms with Crippen LogP contribution in [-0.4, -0.2) is 28.9 Å². The van der Waals surface area contributed by atoms with Gasteiger partial charge in [0.15, 0.2) is 0 Å². The number of nitrogens with zero attached hydrogens (tertiary/aromatic N) is 1. The first-order valence-corrected chi connectivity index (χ1v) is 6.17. The van der Waals surface area contributed by atoms with Crippen LogP contribution in [0.5, 0.6) is 0 Å². The highest BCUT2D eigenvalue weighted by molar-refractivity contribution is 5.94. The molecule has 1 N–H and O–H groups in total. The fourth-order valence-corrected chi connectivity index (χ4v) is 2.95. The number of hydrogen-bond acceptors (Lipinski definition) is 2. The van der Waals surface area contributed by atoms with E-state index in [1.807, 2.05) is 4.90 Å². The molecule has 0 bridgehead atoms. The fourth-order valence-electron chi connectivity index (χ4n) is 2.95. The van der Waals surface area contributed by atoms with Crippen LogP contribution in [0.2, 0.25) is 0 Å². The van der Waals surface area contributed by atoms with E-state index in [0.717, 1.165) is 19.5 Å². The summed E-state index contributed by atoms with van der Waals surface area (Å²) in [4.78, 5) is 28.1. The third kappa shape index (κ3) is 1.68. The Balaban J connectivity index is 1.80. The van der Waals surface area contributed by atoms with E-state index in [1.54, 1.807) is 18.3 Å². The Labute approximate surface area is 99.6 Å². The van der Waals surface area contributed by atoms with E-state index < -0.39 is 0 Å². The number of H-pyrrole nitrogens is 1. The quantitative estimate of drug-likeness (QED) is 0.795. The van der Waals surface area contributed by atoms with Gasteiger partial charge in [0.25, 0.3) is 11.5 Å². The van der Waals surface area contributed by atoms with E-state index in [4.69, 9.17) is 0 Å². The summed E-state index contributed by atoms with van der Waals surface area (Å²) in [6.45, 7) is 1.63. The standard InChI is InChI=1S/C13H16N2O2/c16-11-10(3-1-7-14-11)12(17)15-8-6-13(9-15)4-2-5-13/h1,3,7H,2,4-6,8-9H2,(H,14,16). The monoisotopic (exact) mass is 232 g/mol. The number of rotatable bonds is 1. The second kappa shape index (κ2) is 3.72. The molecule has 1 aromatic heterocycles. The molecule has 4 nitrogen and oxygen atoms in total. The van der Waals surface area contributed by atoms with E-state index in [0.29, 0.717) is 5.41 Å².